The molecule has 2 atom stereocenters. The summed E-state index contributed by atoms with van der Waals surface area (Å²) in [5.74, 6) is 0.149. The lowest BCUT2D eigenvalue weighted by Gasteiger charge is -2.25. The van der Waals surface area contributed by atoms with E-state index in [9.17, 15) is 5.11 Å². The van der Waals surface area contributed by atoms with Gasteiger partial charge < -0.3 is 31.2 Å². The van der Waals surface area contributed by atoms with Crippen molar-refractivity contribution in [2.75, 3.05) is 38.4 Å². The molecule has 0 spiro atoms. The summed E-state index contributed by atoms with van der Waals surface area (Å²) in [6, 6.07) is 0. The van der Waals surface area contributed by atoms with Crippen LogP contribution in [0.2, 0.25) is 0 Å². The van der Waals surface area contributed by atoms with Gasteiger partial charge >= 0.3 is 0 Å². The maximum atomic E-state index is 9.39. The fourth-order valence-electron chi connectivity index (χ4n) is 1.96. The summed E-state index contributed by atoms with van der Waals surface area (Å²) in [7, 11) is 1.44. The number of nitrogens with two attached hydrogens (primary N) is 2. The summed E-state index contributed by atoms with van der Waals surface area (Å²) >= 11 is 0. The molecule has 0 unspecified atom stereocenters. The normalized spacial score (nSPS) is 14.4. The number of nitrogen functional groups attached to an aromatic ring is 2. The minimum atomic E-state index is -0.745. The van der Waals surface area contributed by atoms with Crippen molar-refractivity contribution in [2.45, 2.75) is 12.3 Å². The zero-order valence-corrected chi connectivity index (χ0v) is 11.5. The summed E-state index contributed by atoms with van der Waals surface area (Å²) in [4.78, 5) is 12.0. The second-order valence-electron chi connectivity index (χ2n) is 4.23. The molecule has 2 aromatic rings. The van der Waals surface area contributed by atoms with Crippen LogP contribution in [0.1, 0.15) is 6.23 Å². The van der Waals surface area contributed by atoms with Crippen molar-refractivity contribution in [1.29, 1.82) is 0 Å². The largest absolute Gasteiger partial charge is 0.394 e. The summed E-state index contributed by atoms with van der Waals surface area (Å²) in [5.41, 5.74) is 12.1. The lowest BCUT2D eigenvalue weighted by atomic mass is 10.3. The molecule has 6 N–H and O–H groups in total. The van der Waals surface area contributed by atoms with Gasteiger partial charge in [0.25, 0.3) is 0 Å². The van der Waals surface area contributed by atoms with Crippen molar-refractivity contribution < 1.29 is 19.7 Å². The van der Waals surface area contributed by atoms with Crippen LogP contribution < -0.4 is 11.5 Å². The molecule has 0 fully saturated rings. The lowest BCUT2D eigenvalue weighted by Crippen LogP contribution is -2.32. The van der Waals surface area contributed by atoms with E-state index in [-0.39, 0.29) is 31.6 Å². The van der Waals surface area contributed by atoms with E-state index in [1.54, 1.807) is 0 Å². The van der Waals surface area contributed by atoms with Crippen LogP contribution in [-0.4, -0.2) is 62.8 Å². The molecule has 0 aromatic carbocycles. The van der Waals surface area contributed by atoms with E-state index in [0.717, 1.165) is 0 Å². The van der Waals surface area contributed by atoms with Gasteiger partial charge in [-0.15, -0.1) is 0 Å². The number of aliphatic hydroxyl groups excluding tert-OH is 2. The number of ether oxygens (including phenoxy) is 2. The Morgan fingerprint density at radius 1 is 1.33 bits per heavy atom. The van der Waals surface area contributed by atoms with Gasteiger partial charge in [-0.25, -0.2) is 4.98 Å². The van der Waals surface area contributed by atoms with Gasteiger partial charge in [-0.2, -0.15) is 9.97 Å². The first kappa shape index (κ1) is 15.4. The van der Waals surface area contributed by atoms with Crippen LogP contribution in [0.25, 0.3) is 11.2 Å². The van der Waals surface area contributed by atoms with Gasteiger partial charge in [-0.05, 0) is 0 Å². The molecule has 2 heterocycles. The van der Waals surface area contributed by atoms with E-state index in [4.69, 9.17) is 26.0 Å². The highest BCUT2D eigenvalue weighted by Gasteiger charge is 2.26. The Labute approximate surface area is 120 Å². The molecule has 2 aromatic heterocycles. The Morgan fingerprint density at radius 2 is 2.10 bits per heavy atom. The van der Waals surface area contributed by atoms with Gasteiger partial charge in [0.05, 0.1) is 26.1 Å². The third kappa shape index (κ3) is 3.03. The van der Waals surface area contributed by atoms with Crippen LogP contribution >= 0.6 is 0 Å². The maximum Gasteiger partial charge on any atom is 0.224 e. The van der Waals surface area contributed by atoms with Crippen molar-refractivity contribution in [3.05, 3.63) is 6.33 Å². The SMILES string of the molecule is CO[C@H](CO)[C@@H](OCCO)n1cnc2c(N)nc(N)nc21. The number of aliphatic hydroxyl groups is 2. The van der Waals surface area contributed by atoms with Gasteiger partial charge in [0, 0.05) is 7.11 Å². The molecule has 0 bridgehead atoms. The fourth-order valence-corrected chi connectivity index (χ4v) is 1.96. The monoisotopic (exact) mass is 298 g/mol. The Balaban J connectivity index is 2.48. The van der Waals surface area contributed by atoms with Crippen molar-refractivity contribution in [1.82, 2.24) is 19.5 Å². The first-order valence-electron chi connectivity index (χ1n) is 6.24. The summed E-state index contributed by atoms with van der Waals surface area (Å²) in [6.45, 7) is -0.410. The van der Waals surface area contributed by atoms with Crippen LogP contribution in [-0.2, 0) is 9.47 Å². The van der Waals surface area contributed by atoms with Crippen molar-refractivity contribution in [2.24, 2.45) is 0 Å². The van der Waals surface area contributed by atoms with Crippen LogP contribution in [0.5, 0.6) is 0 Å². The van der Waals surface area contributed by atoms with Crippen LogP contribution in [0.3, 0.4) is 0 Å². The van der Waals surface area contributed by atoms with E-state index in [0.29, 0.717) is 11.2 Å². The molecule has 0 aliphatic carbocycles. The van der Waals surface area contributed by atoms with Gasteiger partial charge in [0.2, 0.25) is 5.95 Å². The molecular weight excluding hydrogens is 280 g/mol. The highest BCUT2D eigenvalue weighted by Crippen LogP contribution is 2.24. The first-order valence-corrected chi connectivity index (χ1v) is 6.24. The number of fused-ring (bicyclic) bond motifs is 1. The van der Waals surface area contributed by atoms with Gasteiger partial charge in [0.1, 0.15) is 11.6 Å². The molecule has 0 amide bonds. The number of aromatic nitrogens is 4. The van der Waals surface area contributed by atoms with Crippen molar-refractivity contribution >= 4 is 22.9 Å². The Morgan fingerprint density at radius 3 is 2.71 bits per heavy atom. The van der Waals surface area contributed by atoms with E-state index in [1.165, 1.54) is 18.0 Å². The van der Waals surface area contributed by atoms with E-state index in [2.05, 4.69) is 15.0 Å². The van der Waals surface area contributed by atoms with E-state index in [1.807, 2.05) is 0 Å². The predicted octanol–water partition coefficient (Wildman–Crippen LogP) is -1.49. The number of hydrogen-bond acceptors (Lipinski definition) is 9. The molecule has 0 aliphatic rings. The van der Waals surface area contributed by atoms with Crippen LogP contribution in [0.4, 0.5) is 11.8 Å². The second kappa shape index (κ2) is 6.63. The fraction of sp³-hybridized carbons (Fsp3) is 0.545. The predicted molar refractivity (Wildman–Crippen MR) is 74.1 cm³/mol. The number of rotatable bonds is 7. The zero-order chi connectivity index (χ0) is 15.4. The molecule has 10 heteroatoms. The summed E-state index contributed by atoms with van der Waals surface area (Å²) in [6.07, 6.45) is 0.0241. The molecule has 0 aliphatic heterocycles. The minimum absolute atomic E-state index is 0.000577. The summed E-state index contributed by atoms with van der Waals surface area (Å²) < 4.78 is 12.2. The Bertz CT molecular complexity index is 600. The molecule has 21 heavy (non-hydrogen) atoms. The average Bonchev–Trinajstić information content (AvgIpc) is 2.87. The van der Waals surface area contributed by atoms with Crippen LogP contribution in [0, 0.1) is 0 Å². The zero-order valence-electron chi connectivity index (χ0n) is 11.5. The third-order valence-corrected chi connectivity index (χ3v) is 2.92. The highest BCUT2D eigenvalue weighted by atomic mass is 16.6. The second-order valence-corrected chi connectivity index (χ2v) is 4.23. The standard InChI is InChI=1S/C11H18N6O4/c1-20-6(4-19)10(21-3-2-18)17-5-14-7-8(12)15-11(13)16-9(7)17/h5-6,10,18-19H,2-4H2,1H3,(H4,12,13,15,16)/t6-,10-/m1/s1. The van der Waals surface area contributed by atoms with E-state index >= 15 is 0 Å². The Kier molecular flexibility index (Phi) is 4.85. The third-order valence-electron chi connectivity index (χ3n) is 2.92. The average molecular weight is 298 g/mol. The first-order chi connectivity index (χ1) is 10.1. The topological polar surface area (TPSA) is 155 Å². The smallest absolute Gasteiger partial charge is 0.224 e. The molecule has 116 valence electrons. The number of hydrogen-bond donors (Lipinski definition) is 4. The quantitative estimate of drug-likeness (QED) is 0.478. The maximum absolute atomic E-state index is 9.39. The van der Waals surface area contributed by atoms with Crippen molar-refractivity contribution in [3.8, 4) is 0 Å². The van der Waals surface area contributed by atoms with Crippen molar-refractivity contribution in [3.63, 3.8) is 0 Å². The lowest BCUT2D eigenvalue weighted by molar-refractivity contribution is -0.117. The number of methoxy groups -OCH3 is 1. The molecule has 0 saturated heterocycles. The molecule has 10 nitrogen and oxygen atoms in total. The molecule has 0 saturated carbocycles. The summed E-state index contributed by atoms with van der Waals surface area (Å²) in [5, 5.41) is 18.3. The minimum Gasteiger partial charge on any atom is -0.394 e. The molecular formula is C11H18N6O4. The molecule has 0 radical (unpaired) electrons. The molecule has 2 rings (SSSR count). The van der Waals surface area contributed by atoms with Gasteiger partial charge in [-0.3, -0.25) is 4.57 Å². The number of anilines is 2. The van der Waals surface area contributed by atoms with Crippen LogP contribution in [0.15, 0.2) is 6.33 Å². The number of imidazole rings is 1. The Hall–Kier alpha value is -2.01. The highest BCUT2D eigenvalue weighted by molar-refractivity contribution is 5.82. The van der Waals surface area contributed by atoms with E-state index < -0.39 is 12.3 Å². The van der Waals surface area contributed by atoms with Gasteiger partial charge in [0.15, 0.2) is 17.7 Å². The van der Waals surface area contributed by atoms with Gasteiger partial charge in [-0.1, -0.05) is 0 Å². The number of nitrogens with zero attached hydrogens (tertiary/aromatic N) is 4.